The summed E-state index contributed by atoms with van der Waals surface area (Å²) >= 11 is 0. The first-order chi connectivity index (χ1) is 11.7. The van der Waals surface area contributed by atoms with E-state index < -0.39 is 0 Å². The molecule has 1 aromatic rings. The van der Waals surface area contributed by atoms with E-state index in [4.69, 9.17) is 4.74 Å². The van der Waals surface area contributed by atoms with Crippen molar-refractivity contribution in [1.29, 1.82) is 0 Å². The molecule has 4 rings (SSSR count). The summed E-state index contributed by atoms with van der Waals surface area (Å²) in [5, 5.41) is 7.87. The van der Waals surface area contributed by atoms with Crippen molar-refractivity contribution >= 4 is 5.91 Å². The van der Waals surface area contributed by atoms with Crippen molar-refractivity contribution in [2.75, 3.05) is 19.7 Å². The van der Waals surface area contributed by atoms with Gasteiger partial charge in [0, 0.05) is 19.0 Å². The molecule has 0 unspecified atom stereocenters. The van der Waals surface area contributed by atoms with E-state index in [1.165, 1.54) is 12.8 Å². The number of morpholine rings is 1. The topological polar surface area (TPSA) is 72.3 Å². The van der Waals surface area contributed by atoms with Crippen LogP contribution in [0.2, 0.25) is 0 Å². The van der Waals surface area contributed by atoms with Crippen molar-refractivity contribution in [3.05, 3.63) is 11.6 Å². The standard InChI is InChI=1S/C17H27N5O2/c1-12-19-16-7-6-13(11-22(16)20-12)18-10-17(23)21-8-9-24-15-5-3-2-4-14(15)21/h13-15,18H,2-11H2,1H3/t13-,14-,15-/m1/s1. The molecule has 0 spiro atoms. The normalized spacial score (nSPS) is 29.9. The average molecular weight is 333 g/mol. The lowest BCUT2D eigenvalue weighted by molar-refractivity contribution is -0.148. The van der Waals surface area contributed by atoms with E-state index in [-0.39, 0.29) is 18.1 Å². The molecule has 7 nitrogen and oxygen atoms in total. The maximum atomic E-state index is 12.7. The Morgan fingerprint density at radius 2 is 2.21 bits per heavy atom. The van der Waals surface area contributed by atoms with Crippen LogP contribution in [0.15, 0.2) is 0 Å². The number of carbonyl (C=O) groups excluding carboxylic acids is 1. The molecule has 1 saturated heterocycles. The number of aromatic nitrogens is 3. The summed E-state index contributed by atoms with van der Waals surface area (Å²) in [7, 11) is 0. The molecule has 0 bridgehead atoms. The predicted molar refractivity (Wildman–Crippen MR) is 88.6 cm³/mol. The Kier molecular flexibility index (Phi) is 4.54. The van der Waals surface area contributed by atoms with Crippen molar-refractivity contribution in [2.45, 2.75) is 70.2 Å². The number of rotatable bonds is 3. The molecule has 132 valence electrons. The van der Waals surface area contributed by atoms with Crippen LogP contribution in [-0.2, 0) is 22.5 Å². The minimum atomic E-state index is 0.218. The molecule has 1 aliphatic carbocycles. The van der Waals surface area contributed by atoms with Crippen LogP contribution < -0.4 is 5.32 Å². The number of nitrogens with one attached hydrogen (secondary N) is 1. The SMILES string of the molecule is Cc1nc2n(n1)C[C@H](NCC(=O)N1CCO[C@@H]3CCCC[C@H]31)CC2. The zero-order valence-corrected chi connectivity index (χ0v) is 14.4. The van der Waals surface area contributed by atoms with Gasteiger partial charge in [-0.1, -0.05) is 12.8 Å². The lowest BCUT2D eigenvalue weighted by atomic mass is 9.90. The third kappa shape index (κ3) is 3.19. The van der Waals surface area contributed by atoms with Crippen LogP contribution in [0.1, 0.15) is 43.8 Å². The number of hydrogen-bond donors (Lipinski definition) is 1. The average Bonchev–Trinajstić information content (AvgIpc) is 2.98. The molecule has 2 fully saturated rings. The lowest BCUT2D eigenvalue weighted by Gasteiger charge is -2.44. The Bertz CT molecular complexity index is 600. The van der Waals surface area contributed by atoms with Crippen molar-refractivity contribution in [1.82, 2.24) is 25.0 Å². The van der Waals surface area contributed by atoms with E-state index in [1.54, 1.807) is 0 Å². The van der Waals surface area contributed by atoms with Crippen LogP contribution in [0.3, 0.4) is 0 Å². The van der Waals surface area contributed by atoms with Crippen molar-refractivity contribution in [2.24, 2.45) is 0 Å². The van der Waals surface area contributed by atoms with Crippen molar-refractivity contribution < 1.29 is 9.53 Å². The minimum absolute atomic E-state index is 0.218. The summed E-state index contributed by atoms with van der Waals surface area (Å²) in [6.07, 6.45) is 6.81. The number of hydrogen-bond acceptors (Lipinski definition) is 5. The van der Waals surface area contributed by atoms with Gasteiger partial charge in [-0.3, -0.25) is 4.79 Å². The van der Waals surface area contributed by atoms with Crippen LogP contribution in [-0.4, -0.2) is 63.5 Å². The quantitative estimate of drug-likeness (QED) is 0.880. The number of fused-ring (bicyclic) bond motifs is 2. The predicted octanol–water partition coefficient (Wildman–Crippen LogP) is 0.661. The Balaban J connectivity index is 1.32. The van der Waals surface area contributed by atoms with Crippen LogP contribution >= 0.6 is 0 Å². The highest BCUT2D eigenvalue weighted by molar-refractivity contribution is 5.78. The summed E-state index contributed by atoms with van der Waals surface area (Å²) in [5.41, 5.74) is 0. The van der Waals surface area contributed by atoms with Gasteiger partial charge in [0.1, 0.15) is 11.6 Å². The number of carbonyl (C=O) groups is 1. The van der Waals surface area contributed by atoms with Crippen LogP contribution in [0.5, 0.6) is 0 Å². The number of amides is 1. The molecule has 7 heteroatoms. The van der Waals surface area contributed by atoms with Gasteiger partial charge >= 0.3 is 0 Å². The molecular formula is C17H27N5O2. The van der Waals surface area contributed by atoms with Crippen molar-refractivity contribution in [3.8, 4) is 0 Å². The summed E-state index contributed by atoms with van der Waals surface area (Å²) in [6, 6.07) is 0.587. The lowest BCUT2D eigenvalue weighted by Crippen LogP contribution is -2.57. The first kappa shape index (κ1) is 16.0. The van der Waals surface area contributed by atoms with Gasteiger partial charge in [0.15, 0.2) is 0 Å². The van der Waals surface area contributed by atoms with Crippen LogP contribution in [0.4, 0.5) is 0 Å². The molecule has 0 radical (unpaired) electrons. The molecule has 1 aromatic heterocycles. The van der Waals surface area contributed by atoms with Gasteiger partial charge in [0.05, 0.1) is 31.8 Å². The fourth-order valence-electron chi connectivity index (χ4n) is 4.34. The van der Waals surface area contributed by atoms with Crippen LogP contribution in [0.25, 0.3) is 0 Å². The Morgan fingerprint density at radius 3 is 3.12 bits per heavy atom. The van der Waals surface area contributed by atoms with Gasteiger partial charge in [0.2, 0.25) is 5.91 Å². The Labute approximate surface area is 142 Å². The van der Waals surface area contributed by atoms with Gasteiger partial charge in [0.25, 0.3) is 0 Å². The molecule has 0 aromatic carbocycles. The fourth-order valence-corrected chi connectivity index (χ4v) is 4.34. The first-order valence-corrected chi connectivity index (χ1v) is 9.25. The van der Waals surface area contributed by atoms with Gasteiger partial charge in [-0.15, -0.1) is 0 Å². The highest BCUT2D eigenvalue weighted by atomic mass is 16.5. The van der Waals surface area contributed by atoms with E-state index in [0.29, 0.717) is 19.2 Å². The zero-order chi connectivity index (χ0) is 16.5. The van der Waals surface area contributed by atoms with E-state index >= 15 is 0 Å². The highest BCUT2D eigenvalue weighted by Crippen LogP contribution is 2.28. The summed E-state index contributed by atoms with van der Waals surface area (Å²) < 4.78 is 7.84. The third-order valence-corrected chi connectivity index (χ3v) is 5.56. The van der Waals surface area contributed by atoms with Crippen molar-refractivity contribution in [3.63, 3.8) is 0 Å². The zero-order valence-electron chi connectivity index (χ0n) is 14.4. The van der Waals surface area contributed by atoms with Crippen LogP contribution in [0, 0.1) is 6.92 Å². The second-order valence-electron chi connectivity index (χ2n) is 7.22. The van der Waals surface area contributed by atoms with E-state index in [9.17, 15) is 4.79 Å². The Morgan fingerprint density at radius 1 is 1.33 bits per heavy atom. The maximum absolute atomic E-state index is 12.7. The maximum Gasteiger partial charge on any atom is 0.236 e. The number of ether oxygens (including phenoxy) is 1. The van der Waals surface area contributed by atoms with E-state index in [0.717, 1.165) is 50.4 Å². The minimum Gasteiger partial charge on any atom is -0.374 e. The monoisotopic (exact) mass is 333 g/mol. The second kappa shape index (κ2) is 6.80. The number of aryl methyl sites for hydroxylation is 2. The van der Waals surface area contributed by atoms with Gasteiger partial charge < -0.3 is 15.0 Å². The molecule has 1 N–H and O–H groups in total. The van der Waals surface area contributed by atoms with E-state index in [2.05, 4.69) is 20.3 Å². The molecule has 24 heavy (non-hydrogen) atoms. The molecule has 1 amide bonds. The van der Waals surface area contributed by atoms with Gasteiger partial charge in [-0.05, 0) is 26.2 Å². The summed E-state index contributed by atoms with van der Waals surface area (Å²) in [6.45, 7) is 4.56. The second-order valence-corrected chi connectivity index (χ2v) is 7.22. The van der Waals surface area contributed by atoms with Gasteiger partial charge in [-0.2, -0.15) is 5.10 Å². The summed E-state index contributed by atoms with van der Waals surface area (Å²) in [5.74, 6) is 2.12. The smallest absolute Gasteiger partial charge is 0.236 e. The Hall–Kier alpha value is -1.47. The van der Waals surface area contributed by atoms with E-state index in [1.807, 2.05) is 11.6 Å². The van der Waals surface area contributed by atoms with Gasteiger partial charge in [-0.25, -0.2) is 9.67 Å². The largest absolute Gasteiger partial charge is 0.374 e. The third-order valence-electron chi connectivity index (χ3n) is 5.56. The molecule has 3 heterocycles. The molecule has 2 aliphatic heterocycles. The first-order valence-electron chi connectivity index (χ1n) is 9.25. The molecule has 1 saturated carbocycles. The molecular weight excluding hydrogens is 306 g/mol. The molecule has 3 aliphatic rings. The summed E-state index contributed by atoms with van der Waals surface area (Å²) in [4.78, 5) is 19.2. The fraction of sp³-hybridized carbons (Fsp3) is 0.824. The number of nitrogens with zero attached hydrogens (tertiary/aromatic N) is 4. The highest BCUT2D eigenvalue weighted by Gasteiger charge is 2.36. The molecule has 3 atom stereocenters.